The number of hydrogen-bond acceptors (Lipinski definition) is 4. The predicted molar refractivity (Wildman–Crippen MR) is 97.3 cm³/mol. The lowest BCUT2D eigenvalue weighted by atomic mass is 10.1. The smallest absolute Gasteiger partial charge is 0.344 e. The first-order chi connectivity index (χ1) is 12.1. The minimum absolute atomic E-state index is 0.181. The molecule has 1 aliphatic heterocycles. The molecule has 1 aliphatic rings. The highest BCUT2D eigenvalue weighted by molar-refractivity contribution is 6.30. The van der Waals surface area contributed by atoms with E-state index in [1.54, 1.807) is 48.8 Å². The Morgan fingerprint density at radius 1 is 1.04 bits per heavy atom. The van der Waals surface area contributed by atoms with Gasteiger partial charge in [0.25, 0.3) is 5.56 Å². The van der Waals surface area contributed by atoms with E-state index in [2.05, 4.69) is 0 Å². The number of carbonyl (C=O) groups is 1. The molecular formula is C19H19ClN2O3. The summed E-state index contributed by atoms with van der Waals surface area (Å²) < 4.78 is 7.04. The van der Waals surface area contributed by atoms with Crippen LogP contribution in [0.5, 0.6) is 0 Å². The van der Waals surface area contributed by atoms with Crippen LogP contribution in [0.1, 0.15) is 29.6 Å². The van der Waals surface area contributed by atoms with Gasteiger partial charge in [0.1, 0.15) is 0 Å². The summed E-state index contributed by atoms with van der Waals surface area (Å²) in [6.07, 6.45) is 6.42. The van der Waals surface area contributed by atoms with Crippen LogP contribution >= 0.6 is 11.6 Å². The van der Waals surface area contributed by atoms with Gasteiger partial charge in [0.05, 0.1) is 11.8 Å². The van der Waals surface area contributed by atoms with Gasteiger partial charge in [-0.3, -0.25) is 9.36 Å². The number of carbonyl (C=O) groups excluding carboxylic acids is 1. The summed E-state index contributed by atoms with van der Waals surface area (Å²) in [7, 11) is 0. The fourth-order valence-electron chi connectivity index (χ4n) is 2.69. The molecule has 1 fully saturated rings. The summed E-state index contributed by atoms with van der Waals surface area (Å²) in [5.74, 6) is -0.0922. The minimum atomic E-state index is -0.475. The van der Waals surface area contributed by atoms with Crippen LogP contribution in [0.2, 0.25) is 5.02 Å². The third-order valence-corrected chi connectivity index (χ3v) is 4.30. The number of pyridine rings is 1. The molecule has 0 unspecified atom stereocenters. The molecule has 0 radical (unpaired) electrons. The van der Waals surface area contributed by atoms with Crippen molar-refractivity contribution < 1.29 is 9.53 Å². The van der Waals surface area contributed by atoms with Crippen LogP contribution in [0.25, 0.3) is 6.20 Å². The van der Waals surface area contributed by atoms with E-state index >= 15 is 0 Å². The van der Waals surface area contributed by atoms with Gasteiger partial charge in [-0.25, -0.2) is 4.79 Å². The summed E-state index contributed by atoms with van der Waals surface area (Å²) in [6, 6.07) is 11.4. The van der Waals surface area contributed by atoms with E-state index in [9.17, 15) is 9.59 Å². The molecule has 1 aromatic carbocycles. The van der Waals surface area contributed by atoms with Crippen LogP contribution in [0, 0.1) is 0 Å². The Kier molecular flexibility index (Phi) is 5.56. The van der Waals surface area contributed by atoms with Crippen molar-refractivity contribution in [3.63, 3.8) is 0 Å². The molecule has 2 aromatic rings. The number of rotatable bonds is 4. The normalized spacial score (nSPS) is 15.1. The Morgan fingerprint density at radius 3 is 2.44 bits per heavy atom. The van der Waals surface area contributed by atoms with Crippen LogP contribution in [0.15, 0.2) is 59.3 Å². The monoisotopic (exact) mass is 358 g/mol. The lowest BCUT2D eigenvalue weighted by molar-refractivity contribution is 0.0482. The average Bonchev–Trinajstić information content (AvgIpc) is 2.64. The quantitative estimate of drug-likeness (QED) is 0.619. The summed E-state index contributed by atoms with van der Waals surface area (Å²) in [5, 5.41) is 0.555. The maximum absolute atomic E-state index is 12.5. The molecule has 1 saturated heterocycles. The molecule has 6 heteroatoms. The number of halogens is 1. The van der Waals surface area contributed by atoms with E-state index in [-0.39, 0.29) is 5.56 Å². The van der Waals surface area contributed by atoms with Crippen molar-refractivity contribution in [2.24, 2.45) is 0 Å². The number of esters is 1. The van der Waals surface area contributed by atoms with Gasteiger partial charge in [0.15, 0.2) is 0 Å². The Hall–Kier alpha value is -2.53. The molecule has 130 valence electrons. The van der Waals surface area contributed by atoms with E-state index in [0.717, 1.165) is 32.4 Å². The number of likely N-dealkylation sites (tertiary alicyclic amines) is 1. The second kappa shape index (κ2) is 8.03. The van der Waals surface area contributed by atoms with Crippen molar-refractivity contribution >= 4 is 23.8 Å². The largest absolute Gasteiger partial charge is 0.404 e. The number of hydrogen-bond donors (Lipinski definition) is 0. The number of piperidine rings is 1. The summed E-state index contributed by atoms with van der Waals surface area (Å²) in [5.41, 5.74) is 0.229. The second-order valence-electron chi connectivity index (χ2n) is 5.86. The minimum Gasteiger partial charge on any atom is -0.404 e. The van der Waals surface area contributed by atoms with E-state index in [1.165, 1.54) is 10.6 Å². The lowest BCUT2D eigenvalue weighted by Gasteiger charge is -2.29. The molecule has 0 amide bonds. The zero-order chi connectivity index (χ0) is 17.6. The fourth-order valence-corrected chi connectivity index (χ4v) is 2.82. The Labute approximate surface area is 151 Å². The highest BCUT2D eigenvalue weighted by Crippen LogP contribution is 2.18. The van der Waals surface area contributed by atoms with Crippen molar-refractivity contribution in [3.05, 3.63) is 75.5 Å². The molecule has 0 N–H and O–H groups in total. The predicted octanol–water partition coefficient (Wildman–Crippen LogP) is 3.60. The molecule has 0 atom stereocenters. The molecule has 3 rings (SSSR count). The van der Waals surface area contributed by atoms with Crippen LogP contribution in [-0.2, 0) is 4.74 Å². The molecule has 0 spiro atoms. The molecule has 25 heavy (non-hydrogen) atoms. The zero-order valence-electron chi connectivity index (χ0n) is 13.7. The van der Waals surface area contributed by atoms with Gasteiger partial charge in [-0.05, 0) is 49.6 Å². The number of ether oxygens (including phenoxy) is 1. The SMILES string of the molecule is O=C(O/C(=C\n1ccccc1=O)N1CCCCC1)c1ccc(Cl)cc1. The van der Waals surface area contributed by atoms with Gasteiger partial charge in [0, 0.05) is 30.4 Å². The molecule has 0 aliphatic carbocycles. The van der Waals surface area contributed by atoms with Crippen LogP contribution in [-0.4, -0.2) is 28.5 Å². The highest BCUT2D eigenvalue weighted by atomic mass is 35.5. The van der Waals surface area contributed by atoms with Crippen molar-refractivity contribution in [1.82, 2.24) is 9.47 Å². The van der Waals surface area contributed by atoms with Gasteiger partial charge in [-0.1, -0.05) is 17.7 Å². The van der Waals surface area contributed by atoms with Crippen molar-refractivity contribution in [2.75, 3.05) is 13.1 Å². The second-order valence-corrected chi connectivity index (χ2v) is 6.29. The molecule has 2 heterocycles. The zero-order valence-corrected chi connectivity index (χ0v) is 14.5. The maximum atomic E-state index is 12.5. The first-order valence-electron chi connectivity index (χ1n) is 8.25. The van der Waals surface area contributed by atoms with Gasteiger partial charge in [-0.2, -0.15) is 0 Å². The summed E-state index contributed by atoms with van der Waals surface area (Å²) >= 11 is 5.86. The van der Waals surface area contributed by atoms with E-state index in [1.807, 2.05) is 4.90 Å². The van der Waals surface area contributed by atoms with Gasteiger partial charge >= 0.3 is 5.97 Å². The fraction of sp³-hybridized carbons (Fsp3) is 0.263. The van der Waals surface area contributed by atoms with Crippen molar-refractivity contribution in [3.8, 4) is 0 Å². The number of aromatic nitrogens is 1. The van der Waals surface area contributed by atoms with Crippen LogP contribution in [0.4, 0.5) is 0 Å². The number of benzene rings is 1. The Morgan fingerprint density at radius 2 is 1.76 bits per heavy atom. The summed E-state index contributed by atoms with van der Waals surface area (Å²) in [6.45, 7) is 1.59. The van der Waals surface area contributed by atoms with Gasteiger partial charge < -0.3 is 9.64 Å². The van der Waals surface area contributed by atoms with Gasteiger partial charge in [-0.15, -0.1) is 0 Å². The maximum Gasteiger partial charge on any atom is 0.344 e. The highest BCUT2D eigenvalue weighted by Gasteiger charge is 2.19. The van der Waals surface area contributed by atoms with Crippen LogP contribution in [0.3, 0.4) is 0 Å². The Balaban J connectivity index is 1.88. The van der Waals surface area contributed by atoms with E-state index in [4.69, 9.17) is 16.3 Å². The van der Waals surface area contributed by atoms with E-state index in [0.29, 0.717) is 16.5 Å². The Bertz CT molecular complexity index is 821. The number of nitrogens with zero attached hydrogens (tertiary/aromatic N) is 2. The standard InChI is InChI=1S/C19H19ClN2O3/c20-16-9-7-15(8-10-16)19(24)25-18(21-11-3-1-4-12-21)14-22-13-5-2-6-17(22)23/h2,5-10,13-14H,1,3-4,11-12H2/b18-14-. The first-order valence-corrected chi connectivity index (χ1v) is 8.63. The molecule has 5 nitrogen and oxygen atoms in total. The van der Waals surface area contributed by atoms with Crippen LogP contribution < -0.4 is 5.56 Å². The first kappa shape index (κ1) is 17.3. The lowest BCUT2D eigenvalue weighted by Crippen LogP contribution is -2.32. The van der Waals surface area contributed by atoms with Crippen molar-refractivity contribution in [2.45, 2.75) is 19.3 Å². The molecular weight excluding hydrogens is 340 g/mol. The molecule has 0 saturated carbocycles. The van der Waals surface area contributed by atoms with E-state index < -0.39 is 5.97 Å². The third kappa shape index (κ3) is 4.51. The third-order valence-electron chi connectivity index (χ3n) is 4.05. The molecule has 1 aromatic heterocycles. The van der Waals surface area contributed by atoms with Gasteiger partial charge in [0.2, 0.25) is 5.88 Å². The van der Waals surface area contributed by atoms with Crippen molar-refractivity contribution in [1.29, 1.82) is 0 Å². The summed E-state index contributed by atoms with van der Waals surface area (Å²) in [4.78, 5) is 26.4. The average molecular weight is 359 g/mol. The molecule has 0 bridgehead atoms. The topological polar surface area (TPSA) is 51.5 Å².